The molecule has 0 bridgehead atoms. The van der Waals surface area contributed by atoms with Gasteiger partial charge in [0.2, 0.25) is 0 Å². The molecule has 4 aromatic carbocycles. The molecular formula is C43H45Cl2Zr. The van der Waals surface area contributed by atoms with E-state index >= 15 is 0 Å². The Bertz CT molecular complexity index is 2020. The molecule has 0 aliphatic heterocycles. The van der Waals surface area contributed by atoms with Crippen molar-refractivity contribution in [3.8, 4) is 0 Å². The van der Waals surface area contributed by atoms with Gasteiger partial charge in [-0.1, -0.05) is 139 Å². The first-order valence-corrected chi connectivity index (χ1v) is 15.9. The van der Waals surface area contributed by atoms with Gasteiger partial charge in [-0.15, -0.1) is 33.4 Å². The van der Waals surface area contributed by atoms with E-state index in [0.717, 1.165) is 6.42 Å². The first-order chi connectivity index (χ1) is 20.4. The van der Waals surface area contributed by atoms with Gasteiger partial charge in [0.05, 0.1) is 0 Å². The first-order valence-electron chi connectivity index (χ1n) is 15.9. The monoisotopic (exact) mass is 721 g/mol. The van der Waals surface area contributed by atoms with Gasteiger partial charge in [-0.2, -0.15) is 0 Å². The third-order valence-corrected chi connectivity index (χ3v) is 9.84. The molecule has 0 saturated heterocycles. The molecule has 3 heteroatoms. The third kappa shape index (κ3) is 6.63. The van der Waals surface area contributed by atoms with Crippen molar-refractivity contribution in [1.29, 1.82) is 0 Å². The van der Waals surface area contributed by atoms with Gasteiger partial charge in [0.25, 0.3) is 0 Å². The molecule has 0 fully saturated rings. The van der Waals surface area contributed by atoms with E-state index in [1.165, 1.54) is 93.2 Å². The van der Waals surface area contributed by atoms with Crippen molar-refractivity contribution in [2.24, 2.45) is 11.3 Å². The minimum atomic E-state index is 0. The van der Waals surface area contributed by atoms with Gasteiger partial charge in [0.15, 0.2) is 0 Å². The summed E-state index contributed by atoms with van der Waals surface area (Å²) in [6, 6.07) is 22.9. The van der Waals surface area contributed by atoms with E-state index in [9.17, 15) is 0 Å². The molecule has 0 nitrogen and oxygen atoms in total. The van der Waals surface area contributed by atoms with Crippen molar-refractivity contribution < 1.29 is 51.0 Å². The Labute approximate surface area is 308 Å². The van der Waals surface area contributed by atoms with Crippen LogP contribution >= 0.6 is 0 Å². The number of hydrogen-bond acceptors (Lipinski definition) is 0. The van der Waals surface area contributed by atoms with Gasteiger partial charge in [-0.05, 0) is 86.8 Å². The Morgan fingerprint density at radius 2 is 1.26 bits per heavy atom. The molecule has 46 heavy (non-hydrogen) atoms. The van der Waals surface area contributed by atoms with E-state index in [2.05, 4.69) is 148 Å². The number of rotatable bonds is 4. The fraction of sp³-hybridized carbons (Fsp3) is 0.302. The number of fused-ring (bicyclic) bond motifs is 2. The van der Waals surface area contributed by atoms with Crippen LogP contribution in [0.25, 0.3) is 17.2 Å². The zero-order valence-corrected chi connectivity index (χ0v) is 32.9. The SMILES string of the molecule is CCC1C=C(C(C)(C)C)C=C1c1c(C)c(C)c(=C(c2ccc(C)cc2)c2ccc(C)cc2)c2c1[C-]=c1cc(C)c(C)cc1=2.[Cl-].[Cl-].[Zr+3]. The van der Waals surface area contributed by atoms with Crippen LogP contribution in [-0.2, 0) is 26.2 Å². The molecule has 1 atom stereocenters. The first kappa shape index (κ1) is 38.0. The van der Waals surface area contributed by atoms with E-state index in [1.54, 1.807) is 0 Å². The summed E-state index contributed by atoms with van der Waals surface area (Å²) in [6.07, 6.45) is 10.1. The van der Waals surface area contributed by atoms with Gasteiger partial charge in [0, 0.05) is 0 Å². The molecule has 0 heterocycles. The fourth-order valence-electron chi connectivity index (χ4n) is 6.92. The molecule has 1 radical (unpaired) electrons. The molecular weight excluding hydrogens is 679 g/mol. The summed E-state index contributed by atoms with van der Waals surface area (Å²) in [5.74, 6) is 0.411. The molecule has 1 unspecified atom stereocenters. The number of benzene rings is 4. The minimum absolute atomic E-state index is 0. The van der Waals surface area contributed by atoms with E-state index in [0.29, 0.717) is 5.92 Å². The van der Waals surface area contributed by atoms with Crippen molar-refractivity contribution in [3.05, 3.63) is 155 Å². The van der Waals surface area contributed by atoms with Crippen LogP contribution in [0.1, 0.15) is 89.8 Å². The number of halogens is 2. The number of hydrogen-bond donors (Lipinski definition) is 0. The normalized spacial score (nSPS) is 14.5. The second kappa shape index (κ2) is 14.4. The molecule has 6 rings (SSSR count). The second-order valence-electron chi connectivity index (χ2n) is 14.0. The van der Waals surface area contributed by atoms with Gasteiger partial charge < -0.3 is 24.8 Å². The standard InChI is InChI=1S/C43H45.2ClH.Zr/c1-11-31-22-35(43(8,9)10)24-37(31)39-29(6)30(7)40(42-36-21-28(5)27(4)20-34(36)23-38(39)42)41(32-16-12-25(2)13-17-32)33-18-14-26(3)15-19-33;;;/h12-22,24,31H,11H2,1-10H3;2*1H;/q-1;;;+3/p-2. The summed E-state index contributed by atoms with van der Waals surface area (Å²) < 4.78 is 0. The van der Waals surface area contributed by atoms with Crippen molar-refractivity contribution in [2.45, 2.75) is 75.7 Å². The Morgan fingerprint density at radius 3 is 1.76 bits per heavy atom. The maximum absolute atomic E-state index is 4.00. The number of aryl methyl sites for hydroxylation is 4. The zero-order valence-electron chi connectivity index (χ0n) is 29.0. The van der Waals surface area contributed by atoms with Crippen LogP contribution in [0.15, 0.2) is 78.4 Å². The van der Waals surface area contributed by atoms with Gasteiger partial charge in [-0.25, -0.2) is 0 Å². The van der Waals surface area contributed by atoms with Crippen LogP contribution in [0, 0.1) is 63.3 Å². The maximum Gasteiger partial charge on any atom is 3.00 e. The van der Waals surface area contributed by atoms with Crippen LogP contribution < -0.4 is 35.3 Å². The molecule has 2 aliphatic rings. The third-order valence-electron chi connectivity index (χ3n) is 9.84. The molecule has 0 aromatic heterocycles. The van der Waals surface area contributed by atoms with Crippen molar-refractivity contribution in [1.82, 2.24) is 0 Å². The molecule has 235 valence electrons. The smallest absolute Gasteiger partial charge is 1.00 e. The number of allylic oxidation sites excluding steroid dienone is 4. The van der Waals surface area contributed by atoms with Crippen molar-refractivity contribution in [2.75, 3.05) is 0 Å². The van der Waals surface area contributed by atoms with Gasteiger partial charge in [0.1, 0.15) is 0 Å². The Kier molecular flexibility index (Phi) is 11.9. The summed E-state index contributed by atoms with van der Waals surface area (Å²) in [5.41, 5.74) is 17.4. The topological polar surface area (TPSA) is 0 Å². The average Bonchev–Trinajstić information content (AvgIpc) is 3.55. The average molecular weight is 724 g/mol. The minimum Gasteiger partial charge on any atom is -1.00 e. The summed E-state index contributed by atoms with van der Waals surface area (Å²) in [5, 5.41) is 5.21. The second-order valence-corrected chi connectivity index (χ2v) is 14.0. The predicted octanol–water partition coefficient (Wildman–Crippen LogP) is 3.49. The van der Waals surface area contributed by atoms with Crippen molar-refractivity contribution >= 4 is 17.2 Å². The van der Waals surface area contributed by atoms with E-state index in [-0.39, 0.29) is 56.4 Å². The fourth-order valence-corrected chi connectivity index (χ4v) is 6.92. The Morgan fingerprint density at radius 1 is 0.739 bits per heavy atom. The summed E-state index contributed by atoms with van der Waals surface area (Å²) in [7, 11) is 0. The van der Waals surface area contributed by atoms with Crippen LogP contribution in [0.5, 0.6) is 0 Å². The van der Waals surface area contributed by atoms with Crippen LogP contribution in [0.2, 0.25) is 0 Å². The predicted molar refractivity (Wildman–Crippen MR) is 185 cm³/mol. The molecule has 4 aromatic rings. The quantitative estimate of drug-likeness (QED) is 0.250. The maximum atomic E-state index is 4.00. The van der Waals surface area contributed by atoms with Crippen LogP contribution in [-0.4, -0.2) is 0 Å². The largest absolute Gasteiger partial charge is 3.00 e. The molecule has 0 saturated carbocycles. The molecule has 0 amide bonds. The summed E-state index contributed by atoms with van der Waals surface area (Å²) in [4.78, 5) is 0. The van der Waals surface area contributed by atoms with E-state index < -0.39 is 0 Å². The van der Waals surface area contributed by atoms with Crippen molar-refractivity contribution in [3.63, 3.8) is 0 Å². The summed E-state index contributed by atoms with van der Waals surface area (Å²) >= 11 is 0. The Hall–Kier alpha value is -2.44. The zero-order chi connectivity index (χ0) is 30.8. The summed E-state index contributed by atoms with van der Waals surface area (Å²) in [6.45, 7) is 22.8. The van der Waals surface area contributed by atoms with E-state index in [4.69, 9.17) is 0 Å². The van der Waals surface area contributed by atoms with Crippen LogP contribution in [0.4, 0.5) is 0 Å². The molecule has 0 N–H and O–H groups in total. The molecule has 2 aliphatic carbocycles. The van der Waals surface area contributed by atoms with Crippen LogP contribution in [0.3, 0.4) is 0 Å². The van der Waals surface area contributed by atoms with Gasteiger partial charge in [-0.3, -0.25) is 0 Å². The van der Waals surface area contributed by atoms with E-state index in [1.807, 2.05) is 0 Å². The Balaban J connectivity index is 0.00000192. The molecule has 0 spiro atoms. The van der Waals surface area contributed by atoms with Gasteiger partial charge >= 0.3 is 26.2 Å².